The Morgan fingerprint density at radius 2 is 1.61 bits per heavy atom. The molecule has 1 aliphatic carbocycles. The number of imide groups is 1. The van der Waals surface area contributed by atoms with Gasteiger partial charge in [0.25, 0.3) is 5.91 Å². The van der Waals surface area contributed by atoms with Crippen molar-refractivity contribution >= 4 is 29.4 Å². The van der Waals surface area contributed by atoms with Crippen LogP contribution in [0.1, 0.15) is 32.1 Å². The van der Waals surface area contributed by atoms with Crippen LogP contribution in [0.25, 0.3) is 0 Å². The number of carbonyl (C=O) groups is 4. The van der Waals surface area contributed by atoms with Crippen molar-refractivity contribution in [3.63, 3.8) is 0 Å². The first-order valence-electron chi connectivity index (χ1n) is 9.80. The molecule has 1 aromatic carbocycles. The summed E-state index contributed by atoms with van der Waals surface area (Å²) in [6.07, 6.45) is -1.87. The van der Waals surface area contributed by atoms with Gasteiger partial charge in [-0.3, -0.25) is 24.1 Å². The maximum absolute atomic E-state index is 12.4. The zero-order valence-electron chi connectivity index (χ0n) is 16.4. The van der Waals surface area contributed by atoms with Crippen LogP contribution in [0, 0.1) is 11.8 Å². The van der Waals surface area contributed by atoms with E-state index in [1.165, 1.54) is 12.1 Å². The number of carbonyl (C=O) groups excluding carboxylic acids is 4. The van der Waals surface area contributed by atoms with Gasteiger partial charge in [0.1, 0.15) is 5.75 Å². The third-order valence-corrected chi connectivity index (χ3v) is 5.21. The van der Waals surface area contributed by atoms with Gasteiger partial charge in [-0.2, -0.15) is 0 Å². The van der Waals surface area contributed by atoms with Crippen molar-refractivity contribution in [2.24, 2.45) is 11.8 Å². The second kappa shape index (κ2) is 9.36. The number of benzene rings is 1. The number of hydrogen-bond donors (Lipinski definition) is 1. The molecule has 8 nitrogen and oxygen atoms in total. The topological polar surface area (TPSA) is 102 Å². The summed E-state index contributed by atoms with van der Waals surface area (Å²) in [7, 11) is 0. The lowest BCUT2D eigenvalue weighted by Gasteiger charge is -2.19. The molecule has 1 aromatic rings. The van der Waals surface area contributed by atoms with Crippen LogP contribution < -0.4 is 10.1 Å². The zero-order valence-corrected chi connectivity index (χ0v) is 16.4. The number of amides is 3. The van der Waals surface area contributed by atoms with Crippen LogP contribution in [-0.4, -0.2) is 48.1 Å². The third kappa shape index (κ3) is 5.96. The minimum atomic E-state index is -4.82. The maximum Gasteiger partial charge on any atom is 0.573 e. The van der Waals surface area contributed by atoms with E-state index in [1.807, 2.05) is 0 Å². The van der Waals surface area contributed by atoms with Crippen molar-refractivity contribution in [1.82, 2.24) is 4.90 Å². The Labute approximate surface area is 175 Å². The summed E-state index contributed by atoms with van der Waals surface area (Å²) in [5, 5.41) is 2.36. The van der Waals surface area contributed by atoms with Crippen LogP contribution >= 0.6 is 0 Å². The van der Waals surface area contributed by atoms with E-state index in [2.05, 4.69) is 10.1 Å². The predicted molar refractivity (Wildman–Crippen MR) is 99.5 cm³/mol. The molecule has 3 amide bonds. The Balaban J connectivity index is 1.40. The van der Waals surface area contributed by atoms with E-state index < -0.39 is 30.6 Å². The van der Waals surface area contributed by atoms with E-state index in [9.17, 15) is 32.3 Å². The first kappa shape index (κ1) is 22.6. The molecule has 0 radical (unpaired) electrons. The molecule has 2 aliphatic rings. The molecule has 1 aliphatic heterocycles. The Hall–Kier alpha value is -3.11. The number of alkyl halides is 3. The monoisotopic (exact) mass is 442 g/mol. The molecule has 0 unspecified atom stereocenters. The lowest BCUT2D eigenvalue weighted by molar-refractivity contribution is -0.274. The molecule has 1 N–H and O–H groups in total. The van der Waals surface area contributed by atoms with Gasteiger partial charge in [-0.1, -0.05) is 12.8 Å². The van der Waals surface area contributed by atoms with Crippen molar-refractivity contribution in [1.29, 1.82) is 0 Å². The van der Waals surface area contributed by atoms with Gasteiger partial charge < -0.3 is 14.8 Å². The molecule has 2 fully saturated rings. The number of fused-ring (bicyclic) bond motifs is 1. The lowest BCUT2D eigenvalue weighted by atomic mass is 9.81. The first-order valence-corrected chi connectivity index (χ1v) is 9.80. The number of nitrogens with zero attached hydrogens (tertiary/aromatic N) is 1. The molecule has 1 heterocycles. The largest absolute Gasteiger partial charge is 0.573 e. The molecule has 31 heavy (non-hydrogen) atoms. The summed E-state index contributed by atoms with van der Waals surface area (Å²) < 4.78 is 44.9. The highest BCUT2D eigenvalue weighted by Crippen LogP contribution is 2.38. The molecule has 1 saturated heterocycles. The Morgan fingerprint density at radius 3 is 2.16 bits per heavy atom. The van der Waals surface area contributed by atoms with E-state index in [0.717, 1.165) is 29.9 Å². The van der Waals surface area contributed by atoms with Gasteiger partial charge in [-0.05, 0) is 37.1 Å². The highest BCUT2D eigenvalue weighted by atomic mass is 19.4. The highest BCUT2D eigenvalue weighted by molar-refractivity contribution is 6.05. The van der Waals surface area contributed by atoms with Crippen LogP contribution in [0.5, 0.6) is 5.75 Å². The second-order valence-corrected chi connectivity index (χ2v) is 7.36. The summed E-state index contributed by atoms with van der Waals surface area (Å²) in [5.41, 5.74) is 0.187. The molecule has 168 valence electrons. The molecule has 2 atom stereocenters. The zero-order chi connectivity index (χ0) is 22.6. The quantitative estimate of drug-likeness (QED) is 0.515. The number of nitrogens with one attached hydrogen (secondary N) is 1. The minimum Gasteiger partial charge on any atom is -0.456 e. The lowest BCUT2D eigenvalue weighted by Crippen LogP contribution is -2.33. The fourth-order valence-corrected chi connectivity index (χ4v) is 3.81. The Morgan fingerprint density at radius 1 is 1.03 bits per heavy atom. The normalized spacial score (nSPS) is 20.9. The van der Waals surface area contributed by atoms with Crippen LogP contribution in [0.4, 0.5) is 18.9 Å². The fraction of sp³-hybridized carbons (Fsp3) is 0.500. The van der Waals surface area contributed by atoms with Crippen molar-refractivity contribution in [3.05, 3.63) is 24.3 Å². The van der Waals surface area contributed by atoms with Gasteiger partial charge in [-0.25, -0.2) is 0 Å². The first-order chi connectivity index (χ1) is 14.6. The van der Waals surface area contributed by atoms with Crippen LogP contribution in [0.2, 0.25) is 0 Å². The molecule has 0 spiro atoms. The fourth-order valence-electron chi connectivity index (χ4n) is 3.81. The van der Waals surface area contributed by atoms with Crippen LogP contribution in [-0.2, 0) is 23.9 Å². The highest BCUT2D eigenvalue weighted by Gasteiger charge is 2.47. The average molecular weight is 442 g/mol. The summed E-state index contributed by atoms with van der Waals surface area (Å²) in [6, 6.07) is 4.45. The SMILES string of the molecule is O=C(COC(=O)CCN1C(=O)[C@H]2CCCC[C@H]2C1=O)Nc1ccc(OC(F)(F)F)cc1. The summed E-state index contributed by atoms with van der Waals surface area (Å²) in [6.45, 7) is -0.710. The van der Waals surface area contributed by atoms with Gasteiger partial charge in [0.15, 0.2) is 6.61 Å². The minimum absolute atomic E-state index is 0.0915. The standard InChI is InChI=1S/C20H21F3N2O6/c21-20(22,23)31-13-7-5-12(6-8-13)24-16(26)11-30-17(27)9-10-25-18(28)14-3-1-2-4-15(14)19(25)29/h5-8,14-15H,1-4,9-11H2,(H,24,26)/t14-,15+. The molecule has 11 heteroatoms. The summed E-state index contributed by atoms with van der Waals surface area (Å²) in [4.78, 5) is 49.5. The van der Waals surface area contributed by atoms with E-state index in [4.69, 9.17) is 4.74 Å². The van der Waals surface area contributed by atoms with Crippen molar-refractivity contribution < 1.29 is 41.8 Å². The smallest absolute Gasteiger partial charge is 0.456 e. The number of rotatable bonds is 7. The number of hydrogen-bond acceptors (Lipinski definition) is 6. The van der Waals surface area contributed by atoms with Crippen LogP contribution in [0.3, 0.4) is 0 Å². The van der Waals surface area contributed by atoms with Crippen molar-refractivity contribution in [2.75, 3.05) is 18.5 Å². The van der Waals surface area contributed by atoms with Crippen LogP contribution in [0.15, 0.2) is 24.3 Å². The van der Waals surface area contributed by atoms with Gasteiger partial charge in [0.2, 0.25) is 11.8 Å². The van der Waals surface area contributed by atoms with Gasteiger partial charge in [0.05, 0.1) is 18.3 Å². The van der Waals surface area contributed by atoms with Crippen molar-refractivity contribution in [3.8, 4) is 5.75 Å². The van der Waals surface area contributed by atoms with Crippen molar-refractivity contribution in [2.45, 2.75) is 38.5 Å². The second-order valence-electron chi connectivity index (χ2n) is 7.36. The van der Waals surface area contributed by atoms with Gasteiger partial charge in [0, 0.05) is 12.2 Å². The summed E-state index contributed by atoms with van der Waals surface area (Å²) >= 11 is 0. The Bertz CT molecular complexity index is 831. The third-order valence-electron chi connectivity index (χ3n) is 5.21. The average Bonchev–Trinajstić information content (AvgIpc) is 2.96. The van der Waals surface area contributed by atoms with E-state index in [-0.39, 0.29) is 42.3 Å². The predicted octanol–water partition coefficient (Wildman–Crippen LogP) is 2.63. The molecule has 0 aromatic heterocycles. The number of halogens is 3. The molecule has 3 rings (SSSR count). The van der Waals surface area contributed by atoms with E-state index in [1.54, 1.807) is 0 Å². The molecule has 1 saturated carbocycles. The number of ether oxygens (including phenoxy) is 2. The molecular formula is C20H21F3N2O6. The maximum atomic E-state index is 12.4. The molecular weight excluding hydrogens is 421 g/mol. The van der Waals surface area contributed by atoms with Gasteiger partial charge in [-0.15, -0.1) is 13.2 Å². The number of likely N-dealkylation sites (tertiary alicyclic amines) is 1. The van der Waals surface area contributed by atoms with E-state index in [0.29, 0.717) is 12.8 Å². The van der Waals surface area contributed by atoms with Gasteiger partial charge >= 0.3 is 12.3 Å². The van der Waals surface area contributed by atoms with E-state index >= 15 is 0 Å². The summed E-state index contributed by atoms with van der Waals surface area (Å²) in [5.74, 6) is -2.98. The number of anilines is 1. The molecule has 0 bridgehead atoms. The Kier molecular flexibility index (Phi) is 6.81. The number of esters is 1.